The molecule has 0 aliphatic rings. The van der Waals surface area contributed by atoms with Crippen molar-refractivity contribution in [1.82, 2.24) is 0 Å². The molecule has 0 bridgehead atoms. The number of anilines is 1. The minimum atomic E-state index is 1.11. The maximum atomic E-state index is 3.79. The van der Waals surface area contributed by atoms with Crippen molar-refractivity contribution in [1.29, 1.82) is 0 Å². The van der Waals surface area contributed by atoms with Crippen LogP contribution in [0.4, 0.5) is 5.69 Å². The van der Waals surface area contributed by atoms with Crippen molar-refractivity contribution in [2.45, 2.75) is 0 Å². The average molecular weight is 245 g/mol. The van der Waals surface area contributed by atoms with Gasteiger partial charge in [-0.05, 0) is 17.1 Å². The van der Waals surface area contributed by atoms with Gasteiger partial charge in [-0.1, -0.05) is 73.3 Å². The summed E-state index contributed by atoms with van der Waals surface area (Å²) in [6, 6.07) is 23.1. The van der Waals surface area contributed by atoms with E-state index in [0.29, 0.717) is 0 Å². The number of hydrogen-bond acceptors (Lipinski definition) is 1. The van der Waals surface area contributed by atoms with E-state index in [9.17, 15) is 0 Å². The Bertz CT molecular complexity index is 714. The molecule has 0 aromatic heterocycles. The zero-order valence-corrected chi connectivity index (χ0v) is 10.6. The second-order valence-electron chi connectivity index (χ2n) is 4.42. The second-order valence-corrected chi connectivity index (χ2v) is 4.42. The van der Waals surface area contributed by atoms with Crippen molar-refractivity contribution in [3.63, 3.8) is 0 Å². The predicted octanol–water partition coefficient (Wildman–Crippen LogP) is 5.06. The van der Waals surface area contributed by atoms with E-state index in [1.165, 1.54) is 21.9 Å². The van der Waals surface area contributed by atoms with Crippen molar-refractivity contribution in [2.24, 2.45) is 0 Å². The summed E-state index contributed by atoms with van der Waals surface area (Å²) in [5.74, 6) is 0. The van der Waals surface area contributed by atoms with E-state index in [-0.39, 0.29) is 0 Å². The van der Waals surface area contributed by atoms with E-state index in [1.807, 2.05) is 6.07 Å². The lowest BCUT2D eigenvalue weighted by atomic mass is 9.98. The fourth-order valence-electron chi connectivity index (χ4n) is 2.39. The molecule has 0 atom stereocenters. The molecule has 0 aliphatic heterocycles. The Hall–Kier alpha value is -2.54. The Morgan fingerprint density at radius 2 is 1.53 bits per heavy atom. The molecule has 0 spiro atoms. The van der Waals surface area contributed by atoms with Crippen molar-refractivity contribution in [2.75, 3.05) is 5.32 Å². The zero-order valence-electron chi connectivity index (χ0n) is 10.6. The first kappa shape index (κ1) is 11.5. The van der Waals surface area contributed by atoms with Gasteiger partial charge in [0.2, 0.25) is 0 Å². The van der Waals surface area contributed by atoms with Crippen molar-refractivity contribution >= 4 is 16.5 Å². The van der Waals surface area contributed by atoms with Crippen LogP contribution < -0.4 is 5.32 Å². The van der Waals surface area contributed by atoms with Crippen LogP contribution in [-0.2, 0) is 0 Å². The molecule has 3 aromatic rings. The molecule has 0 saturated heterocycles. The van der Waals surface area contributed by atoms with E-state index >= 15 is 0 Å². The number of nitrogens with one attached hydrogen (secondary N) is 1. The molecular weight excluding hydrogens is 230 g/mol. The van der Waals surface area contributed by atoms with Gasteiger partial charge < -0.3 is 5.32 Å². The minimum Gasteiger partial charge on any atom is -0.361 e. The van der Waals surface area contributed by atoms with Crippen LogP contribution in [0.2, 0.25) is 0 Å². The molecular formula is C18H15N. The van der Waals surface area contributed by atoms with Crippen LogP contribution in [0.25, 0.3) is 21.9 Å². The van der Waals surface area contributed by atoms with E-state index in [2.05, 4.69) is 72.6 Å². The van der Waals surface area contributed by atoms with Gasteiger partial charge in [0.25, 0.3) is 0 Å². The SMILES string of the molecule is C=CNc1c(-c2ccccc2)ccc2ccccc12. The molecule has 0 unspecified atom stereocenters. The first-order valence-corrected chi connectivity index (χ1v) is 6.35. The van der Waals surface area contributed by atoms with Gasteiger partial charge in [-0.3, -0.25) is 0 Å². The number of rotatable bonds is 3. The van der Waals surface area contributed by atoms with Gasteiger partial charge in [0.1, 0.15) is 0 Å². The molecule has 19 heavy (non-hydrogen) atoms. The summed E-state index contributed by atoms with van der Waals surface area (Å²) in [6.45, 7) is 3.79. The fraction of sp³-hybridized carbons (Fsp3) is 0. The van der Waals surface area contributed by atoms with Crippen molar-refractivity contribution < 1.29 is 0 Å². The topological polar surface area (TPSA) is 12.0 Å². The summed E-state index contributed by atoms with van der Waals surface area (Å²) >= 11 is 0. The number of fused-ring (bicyclic) bond motifs is 1. The lowest BCUT2D eigenvalue weighted by molar-refractivity contribution is 1.59. The fourth-order valence-corrected chi connectivity index (χ4v) is 2.39. The van der Waals surface area contributed by atoms with E-state index in [0.717, 1.165) is 5.69 Å². The van der Waals surface area contributed by atoms with Gasteiger partial charge >= 0.3 is 0 Å². The lowest BCUT2D eigenvalue weighted by Crippen LogP contribution is -1.92. The van der Waals surface area contributed by atoms with Crippen LogP contribution in [0.3, 0.4) is 0 Å². The molecule has 0 amide bonds. The third-order valence-corrected chi connectivity index (χ3v) is 3.26. The van der Waals surface area contributed by atoms with Crippen molar-refractivity contribution in [3.8, 4) is 11.1 Å². The molecule has 0 radical (unpaired) electrons. The maximum absolute atomic E-state index is 3.79. The largest absolute Gasteiger partial charge is 0.361 e. The summed E-state index contributed by atoms with van der Waals surface area (Å²) in [7, 11) is 0. The average Bonchev–Trinajstić information content (AvgIpc) is 2.49. The quantitative estimate of drug-likeness (QED) is 0.680. The van der Waals surface area contributed by atoms with Crippen LogP contribution in [-0.4, -0.2) is 0 Å². The Labute approximate surface area is 113 Å². The van der Waals surface area contributed by atoms with Crippen molar-refractivity contribution in [3.05, 3.63) is 79.5 Å². The first-order valence-electron chi connectivity index (χ1n) is 6.35. The molecule has 1 nitrogen and oxygen atoms in total. The van der Waals surface area contributed by atoms with Crippen LogP contribution in [0, 0.1) is 0 Å². The summed E-state index contributed by atoms with van der Waals surface area (Å²) in [4.78, 5) is 0. The molecule has 0 fully saturated rings. The second kappa shape index (κ2) is 4.99. The smallest absolute Gasteiger partial charge is 0.0538 e. The number of benzene rings is 3. The third kappa shape index (κ3) is 2.11. The van der Waals surface area contributed by atoms with Crippen LogP contribution >= 0.6 is 0 Å². The highest BCUT2D eigenvalue weighted by molar-refractivity contribution is 6.01. The highest BCUT2D eigenvalue weighted by Gasteiger charge is 2.07. The molecule has 0 aliphatic carbocycles. The monoisotopic (exact) mass is 245 g/mol. The summed E-state index contributed by atoms with van der Waals surface area (Å²) in [5.41, 5.74) is 3.51. The van der Waals surface area contributed by atoms with E-state index < -0.39 is 0 Å². The van der Waals surface area contributed by atoms with E-state index in [4.69, 9.17) is 0 Å². The predicted molar refractivity (Wildman–Crippen MR) is 83.2 cm³/mol. The Balaban J connectivity index is 2.30. The van der Waals surface area contributed by atoms with E-state index in [1.54, 1.807) is 6.20 Å². The zero-order chi connectivity index (χ0) is 13.1. The molecule has 0 heterocycles. The molecule has 1 N–H and O–H groups in total. The Morgan fingerprint density at radius 1 is 0.789 bits per heavy atom. The highest BCUT2D eigenvalue weighted by Crippen LogP contribution is 2.34. The minimum absolute atomic E-state index is 1.11. The van der Waals surface area contributed by atoms with Crippen LogP contribution in [0.1, 0.15) is 0 Å². The summed E-state index contributed by atoms with van der Waals surface area (Å²) in [6.07, 6.45) is 1.73. The van der Waals surface area contributed by atoms with Gasteiger partial charge in [-0.15, -0.1) is 0 Å². The molecule has 0 saturated carbocycles. The molecule has 3 rings (SSSR count). The molecule has 3 aromatic carbocycles. The molecule has 1 heteroatoms. The number of hydrogen-bond donors (Lipinski definition) is 1. The maximum Gasteiger partial charge on any atom is 0.0538 e. The van der Waals surface area contributed by atoms with Gasteiger partial charge in [-0.25, -0.2) is 0 Å². The Kier molecular flexibility index (Phi) is 3.03. The van der Waals surface area contributed by atoms with Gasteiger partial charge in [0.15, 0.2) is 0 Å². The van der Waals surface area contributed by atoms with Crippen LogP contribution in [0.15, 0.2) is 79.5 Å². The third-order valence-electron chi connectivity index (χ3n) is 3.26. The standard InChI is InChI=1S/C18H15N/c1-2-19-18-16-11-7-6-10-15(16)12-13-17(18)14-8-4-3-5-9-14/h2-13,19H,1H2. The Morgan fingerprint density at radius 3 is 2.32 bits per heavy atom. The molecule has 92 valence electrons. The first-order chi connectivity index (χ1) is 9.40. The lowest BCUT2D eigenvalue weighted by Gasteiger charge is -2.13. The summed E-state index contributed by atoms with van der Waals surface area (Å²) in [5, 5.41) is 5.72. The highest BCUT2D eigenvalue weighted by atomic mass is 14.8. The van der Waals surface area contributed by atoms with Gasteiger partial charge in [-0.2, -0.15) is 0 Å². The van der Waals surface area contributed by atoms with Gasteiger partial charge in [0.05, 0.1) is 5.69 Å². The van der Waals surface area contributed by atoms with Gasteiger partial charge in [0, 0.05) is 10.9 Å². The normalized spacial score (nSPS) is 10.3. The summed E-state index contributed by atoms with van der Waals surface area (Å²) < 4.78 is 0. The van der Waals surface area contributed by atoms with Crippen LogP contribution in [0.5, 0.6) is 0 Å².